The van der Waals surface area contributed by atoms with Gasteiger partial charge in [0.05, 0.1) is 5.92 Å². The zero-order chi connectivity index (χ0) is 14.8. The number of nitrogens with one attached hydrogen (secondary N) is 2. The smallest absolute Gasteiger partial charge is 0.229 e. The van der Waals surface area contributed by atoms with Crippen LogP contribution in [0.2, 0.25) is 0 Å². The van der Waals surface area contributed by atoms with Crippen molar-refractivity contribution < 1.29 is 4.79 Å². The number of carbonyl (C=O) groups excluding carboxylic acids is 1. The van der Waals surface area contributed by atoms with Crippen LogP contribution in [-0.4, -0.2) is 12.5 Å². The van der Waals surface area contributed by atoms with Crippen LogP contribution in [0.5, 0.6) is 0 Å². The van der Waals surface area contributed by atoms with E-state index in [2.05, 4.69) is 38.7 Å². The summed E-state index contributed by atoms with van der Waals surface area (Å²) in [6.07, 6.45) is 0.780. The van der Waals surface area contributed by atoms with E-state index >= 15 is 0 Å². The molecule has 0 aliphatic carbocycles. The average molecular weight is 345 g/mol. The third-order valence-electron chi connectivity index (χ3n) is 3.85. The third kappa shape index (κ3) is 3.10. The fraction of sp³-hybridized carbons (Fsp3) is 0.235. The van der Waals surface area contributed by atoms with Gasteiger partial charge in [0, 0.05) is 22.4 Å². The Bertz CT molecular complexity index is 684. The van der Waals surface area contributed by atoms with Gasteiger partial charge < -0.3 is 10.6 Å². The molecule has 0 saturated heterocycles. The molecule has 1 amide bonds. The lowest BCUT2D eigenvalue weighted by atomic mass is 9.93. The van der Waals surface area contributed by atoms with Crippen LogP contribution in [-0.2, 0) is 11.2 Å². The summed E-state index contributed by atoms with van der Waals surface area (Å²) in [7, 11) is 0. The van der Waals surface area contributed by atoms with E-state index in [1.54, 1.807) is 0 Å². The van der Waals surface area contributed by atoms with E-state index in [0.29, 0.717) is 6.54 Å². The van der Waals surface area contributed by atoms with Crippen LogP contribution in [0.25, 0.3) is 0 Å². The summed E-state index contributed by atoms with van der Waals surface area (Å²) in [5, 5.41) is 6.38. The lowest BCUT2D eigenvalue weighted by Crippen LogP contribution is -2.33. The molecule has 0 radical (unpaired) electrons. The van der Waals surface area contributed by atoms with Crippen molar-refractivity contribution in [3.8, 4) is 0 Å². The second kappa shape index (κ2) is 5.90. The van der Waals surface area contributed by atoms with Crippen molar-refractivity contribution in [2.45, 2.75) is 13.3 Å². The van der Waals surface area contributed by atoms with Crippen molar-refractivity contribution in [1.29, 1.82) is 0 Å². The molecule has 3 rings (SSSR count). The Hall–Kier alpha value is -1.81. The van der Waals surface area contributed by atoms with E-state index in [-0.39, 0.29) is 11.8 Å². The van der Waals surface area contributed by atoms with E-state index in [1.807, 2.05) is 37.3 Å². The summed E-state index contributed by atoms with van der Waals surface area (Å²) in [4.78, 5) is 12.5. The molecule has 1 unspecified atom stereocenters. The van der Waals surface area contributed by atoms with Crippen LogP contribution < -0.4 is 10.6 Å². The van der Waals surface area contributed by atoms with Crippen molar-refractivity contribution in [2.24, 2.45) is 5.92 Å². The highest BCUT2D eigenvalue weighted by Gasteiger charge is 2.24. The van der Waals surface area contributed by atoms with Gasteiger partial charge in [-0.2, -0.15) is 0 Å². The number of para-hydroxylation sites is 1. The van der Waals surface area contributed by atoms with Crippen molar-refractivity contribution in [1.82, 2.24) is 0 Å². The molecule has 4 heteroatoms. The van der Waals surface area contributed by atoms with Crippen LogP contribution in [0, 0.1) is 12.8 Å². The number of halogens is 1. The summed E-state index contributed by atoms with van der Waals surface area (Å²) >= 11 is 3.44. The van der Waals surface area contributed by atoms with E-state index in [9.17, 15) is 4.79 Å². The number of carbonyl (C=O) groups is 1. The molecule has 2 aromatic carbocycles. The first kappa shape index (κ1) is 14.1. The number of hydrogen-bond acceptors (Lipinski definition) is 2. The lowest BCUT2D eigenvalue weighted by molar-refractivity contribution is -0.119. The van der Waals surface area contributed by atoms with Gasteiger partial charge in [-0.3, -0.25) is 4.79 Å². The molecule has 2 N–H and O–H groups in total. The topological polar surface area (TPSA) is 41.1 Å². The van der Waals surface area contributed by atoms with Crippen LogP contribution in [0.4, 0.5) is 11.4 Å². The van der Waals surface area contributed by atoms with Gasteiger partial charge in [0.1, 0.15) is 0 Å². The molecule has 0 saturated carbocycles. The summed E-state index contributed by atoms with van der Waals surface area (Å²) in [5.41, 5.74) is 4.28. The maximum absolute atomic E-state index is 12.5. The largest absolute Gasteiger partial charge is 0.384 e. The zero-order valence-electron chi connectivity index (χ0n) is 11.8. The quantitative estimate of drug-likeness (QED) is 0.864. The van der Waals surface area contributed by atoms with Crippen LogP contribution in [0.3, 0.4) is 0 Å². The molecule has 2 aromatic rings. The molecule has 1 aliphatic heterocycles. The third-order valence-corrected chi connectivity index (χ3v) is 4.34. The Morgan fingerprint density at radius 1 is 1.29 bits per heavy atom. The summed E-state index contributed by atoms with van der Waals surface area (Å²) in [5.74, 6) is 0.0245. The van der Waals surface area contributed by atoms with Crippen molar-refractivity contribution in [3.63, 3.8) is 0 Å². The van der Waals surface area contributed by atoms with Crippen molar-refractivity contribution >= 4 is 33.2 Å². The Labute approximate surface area is 132 Å². The number of benzene rings is 2. The summed E-state index contributed by atoms with van der Waals surface area (Å²) < 4.78 is 0.968. The molecule has 0 spiro atoms. The predicted octanol–water partition coefficient (Wildman–Crippen LogP) is 3.98. The van der Waals surface area contributed by atoms with Gasteiger partial charge in [-0.25, -0.2) is 0 Å². The lowest BCUT2D eigenvalue weighted by Gasteiger charge is -2.25. The molecular formula is C17H17BrN2O. The predicted molar refractivity (Wildman–Crippen MR) is 89.6 cm³/mol. The number of anilines is 2. The summed E-state index contributed by atoms with van der Waals surface area (Å²) in [6.45, 7) is 2.67. The van der Waals surface area contributed by atoms with E-state index < -0.39 is 0 Å². The second-order valence-electron chi connectivity index (χ2n) is 5.39. The molecule has 0 fully saturated rings. The summed E-state index contributed by atoms with van der Waals surface area (Å²) in [6, 6.07) is 14.1. The van der Waals surface area contributed by atoms with Gasteiger partial charge in [0.2, 0.25) is 5.91 Å². The fourth-order valence-corrected chi connectivity index (χ4v) is 2.95. The minimum absolute atomic E-state index is 0.0433. The van der Waals surface area contributed by atoms with E-state index in [1.165, 1.54) is 5.56 Å². The first-order valence-electron chi connectivity index (χ1n) is 7.02. The van der Waals surface area contributed by atoms with Crippen LogP contribution in [0.1, 0.15) is 11.1 Å². The number of aryl methyl sites for hydroxylation is 1. The Kier molecular flexibility index (Phi) is 3.97. The number of fused-ring (bicyclic) bond motifs is 1. The van der Waals surface area contributed by atoms with Crippen molar-refractivity contribution in [3.05, 3.63) is 58.1 Å². The van der Waals surface area contributed by atoms with Gasteiger partial charge in [-0.1, -0.05) is 40.2 Å². The van der Waals surface area contributed by atoms with E-state index in [4.69, 9.17) is 0 Å². The molecule has 0 aromatic heterocycles. The van der Waals surface area contributed by atoms with Gasteiger partial charge in [-0.05, 0) is 42.7 Å². The highest BCUT2D eigenvalue weighted by molar-refractivity contribution is 9.10. The molecule has 0 bridgehead atoms. The van der Waals surface area contributed by atoms with Gasteiger partial charge in [-0.15, -0.1) is 0 Å². The zero-order valence-corrected chi connectivity index (χ0v) is 13.4. The van der Waals surface area contributed by atoms with Crippen molar-refractivity contribution in [2.75, 3.05) is 17.2 Å². The highest BCUT2D eigenvalue weighted by atomic mass is 79.9. The average Bonchev–Trinajstić information content (AvgIpc) is 2.50. The maximum Gasteiger partial charge on any atom is 0.229 e. The van der Waals surface area contributed by atoms with Gasteiger partial charge in [0.15, 0.2) is 0 Å². The molecular weight excluding hydrogens is 328 g/mol. The van der Waals surface area contributed by atoms with Crippen LogP contribution in [0.15, 0.2) is 46.9 Å². The first-order chi connectivity index (χ1) is 10.1. The second-order valence-corrected chi connectivity index (χ2v) is 6.30. The minimum Gasteiger partial charge on any atom is -0.384 e. The molecule has 3 nitrogen and oxygen atoms in total. The Morgan fingerprint density at radius 3 is 2.95 bits per heavy atom. The standard InChI is InChI=1S/C17H17BrN2O/c1-11-6-7-14(18)9-16(11)20-17(21)13-8-12-4-2-3-5-15(12)19-10-13/h2-7,9,13,19H,8,10H2,1H3,(H,20,21). The Morgan fingerprint density at radius 2 is 2.10 bits per heavy atom. The monoisotopic (exact) mass is 344 g/mol. The molecule has 1 atom stereocenters. The first-order valence-corrected chi connectivity index (χ1v) is 7.81. The molecule has 108 valence electrons. The fourth-order valence-electron chi connectivity index (χ4n) is 2.59. The van der Waals surface area contributed by atoms with Gasteiger partial charge in [0.25, 0.3) is 0 Å². The van der Waals surface area contributed by atoms with E-state index in [0.717, 1.165) is 27.8 Å². The number of hydrogen-bond donors (Lipinski definition) is 2. The number of amides is 1. The molecule has 1 heterocycles. The molecule has 21 heavy (non-hydrogen) atoms. The van der Waals surface area contributed by atoms with Gasteiger partial charge >= 0.3 is 0 Å². The van der Waals surface area contributed by atoms with Crippen LogP contribution >= 0.6 is 15.9 Å². The Balaban J connectivity index is 1.74. The minimum atomic E-state index is -0.0433. The molecule has 1 aliphatic rings. The normalized spacial score (nSPS) is 16.8. The number of rotatable bonds is 2. The SMILES string of the molecule is Cc1ccc(Br)cc1NC(=O)C1CNc2ccccc2C1. The highest BCUT2D eigenvalue weighted by Crippen LogP contribution is 2.26. The maximum atomic E-state index is 12.5.